The number of rotatable bonds is 3. The molecule has 0 amide bonds. The zero-order valence-corrected chi connectivity index (χ0v) is 10.3. The number of ketones is 1. The summed E-state index contributed by atoms with van der Waals surface area (Å²) in [4.78, 5) is 12.3. The first-order chi connectivity index (χ1) is 8.10. The van der Waals surface area contributed by atoms with Crippen LogP contribution in [0.4, 0.5) is 4.39 Å². The van der Waals surface area contributed by atoms with E-state index >= 15 is 0 Å². The predicted molar refractivity (Wildman–Crippen MR) is 66.3 cm³/mol. The molecule has 1 fully saturated rings. The SMILES string of the molecule is CC1(C(=O)Cc2cccc(F)c2)CCCCC1. The second kappa shape index (κ2) is 4.99. The van der Waals surface area contributed by atoms with Crippen molar-refractivity contribution in [1.29, 1.82) is 0 Å². The maximum Gasteiger partial charge on any atom is 0.143 e. The monoisotopic (exact) mass is 234 g/mol. The van der Waals surface area contributed by atoms with Crippen molar-refractivity contribution < 1.29 is 9.18 Å². The van der Waals surface area contributed by atoms with Crippen molar-refractivity contribution >= 4 is 5.78 Å². The summed E-state index contributed by atoms with van der Waals surface area (Å²) in [6.45, 7) is 2.06. The van der Waals surface area contributed by atoms with E-state index in [2.05, 4.69) is 6.92 Å². The number of halogens is 1. The number of carbonyl (C=O) groups is 1. The minimum Gasteiger partial charge on any atom is -0.299 e. The molecule has 0 bridgehead atoms. The second-order valence-electron chi connectivity index (χ2n) is 5.35. The molecular formula is C15H19FO. The van der Waals surface area contributed by atoms with Gasteiger partial charge < -0.3 is 0 Å². The van der Waals surface area contributed by atoms with Crippen molar-refractivity contribution in [2.45, 2.75) is 45.4 Å². The Hall–Kier alpha value is -1.18. The maximum atomic E-state index is 13.0. The third-order valence-electron chi connectivity index (χ3n) is 3.88. The lowest BCUT2D eigenvalue weighted by Gasteiger charge is -2.32. The zero-order chi connectivity index (χ0) is 12.3. The van der Waals surface area contributed by atoms with Crippen LogP contribution in [0, 0.1) is 11.2 Å². The molecule has 0 unspecified atom stereocenters. The van der Waals surface area contributed by atoms with Gasteiger partial charge in [0.05, 0.1) is 0 Å². The van der Waals surface area contributed by atoms with E-state index < -0.39 is 0 Å². The fourth-order valence-electron chi connectivity index (χ4n) is 2.66. The Balaban J connectivity index is 2.05. The van der Waals surface area contributed by atoms with Crippen molar-refractivity contribution in [2.24, 2.45) is 5.41 Å². The van der Waals surface area contributed by atoms with Gasteiger partial charge in [0.1, 0.15) is 11.6 Å². The Morgan fingerprint density at radius 2 is 2.00 bits per heavy atom. The third kappa shape index (κ3) is 2.93. The lowest BCUT2D eigenvalue weighted by molar-refractivity contribution is -0.128. The lowest BCUT2D eigenvalue weighted by atomic mass is 9.71. The average Bonchev–Trinajstić information content (AvgIpc) is 2.30. The van der Waals surface area contributed by atoms with Gasteiger partial charge in [-0.25, -0.2) is 4.39 Å². The van der Waals surface area contributed by atoms with Crippen molar-refractivity contribution in [2.75, 3.05) is 0 Å². The summed E-state index contributed by atoms with van der Waals surface area (Å²) >= 11 is 0. The third-order valence-corrected chi connectivity index (χ3v) is 3.88. The summed E-state index contributed by atoms with van der Waals surface area (Å²) in [6, 6.07) is 6.37. The molecule has 0 saturated heterocycles. The van der Waals surface area contributed by atoms with Crippen LogP contribution in [0.25, 0.3) is 0 Å². The molecule has 0 heterocycles. The summed E-state index contributed by atoms with van der Waals surface area (Å²) in [5.41, 5.74) is 0.617. The van der Waals surface area contributed by atoms with Crippen LogP contribution in [0.3, 0.4) is 0 Å². The fraction of sp³-hybridized carbons (Fsp3) is 0.533. The van der Waals surface area contributed by atoms with Crippen LogP contribution < -0.4 is 0 Å². The van der Waals surface area contributed by atoms with Crippen LogP contribution in [0.15, 0.2) is 24.3 Å². The Morgan fingerprint density at radius 1 is 1.29 bits per heavy atom. The average molecular weight is 234 g/mol. The maximum absolute atomic E-state index is 13.0. The van der Waals surface area contributed by atoms with Crippen molar-refractivity contribution in [3.63, 3.8) is 0 Å². The van der Waals surface area contributed by atoms with Gasteiger partial charge in [-0.05, 0) is 30.5 Å². The highest BCUT2D eigenvalue weighted by Crippen LogP contribution is 2.37. The summed E-state index contributed by atoms with van der Waals surface area (Å²) in [7, 11) is 0. The Labute approximate surface area is 102 Å². The van der Waals surface area contributed by atoms with Gasteiger partial charge in [-0.15, -0.1) is 0 Å². The molecule has 0 aromatic heterocycles. The van der Waals surface area contributed by atoms with Gasteiger partial charge in [0.25, 0.3) is 0 Å². The van der Waals surface area contributed by atoms with Crippen LogP contribution in [0.2, 0.25) is 0 Å². The molecular weight excluding hydrogens is 215 g/mol. The van der Waals surface area contributed by atoms with Crippen LogP contribution >= 0.6 is 0 Å². The molecule has 0 N–H and O–H groups in total. The summed E-state index contributed by atoms with van der Waals surface area (Å²) in [5.74, 6) is 0.00639. The highest BCUT2D eigenvalue weighted by atomic mass is 19.1. The number of carbonyl (C=O) groups excluding carboxylic acids is 1. The summed E-state index contributed by atoms with van der Waals surface area (Å²) in [6.07, 6.45) is 5.87. The number of hydrogen-bond donors (Lipinski definition) is 0. The highest BCUT2D eigenvalue weighted by molar-refractivity contribution is 5.86. The largest absolute Gasteiger partial charge is 0.299 e. The fourth-order valence-corrected chi connectivity index (χ4v) is 2.66. The first kappa shape index (κ1) is 12.3. The molecule has 1 nitrogen and oxygen atoms in total. The molecule has 17 heavy (non-hydrogen) atoms. The van der Waals surface area contributed by atoms with Gasteiger partial charge >= 0.3 is 0 Å². The van der Waals surface area contributed by atoms with Crippen molar-refractivity contribution in [1.82, 2.24) is 0 Å². The molecule has 1 saturated carbocycles. The van der Waals surface area contributed by atoms with Crippen molar-refractivity contribution in [3.05, 3.63) is 35.6 Å². The van der Waals surface area contributed by atoms with E-state index in [0.29, 0.717) is 6.42 Å². The molecule has 0 radical (unpaired) electrons. The molecule has 0 aliphatic heterocycles. The van der Waals surface area contributed by atoms with E-state index in [1.807, 2.05) is 6.07 Å². The molecule has 1 aliphatic carbocycles. The van der Waals surface area contributed by atoms with Crippen LogP contribution in [-0.2, 0) is 11.2 Å². The van der Waals surface area contributed by atoms with Crippen LogP contribution in [0.5, 0.6) is 0 Å². The van der Waals surface area contributed by atoms with E-state index in [-0.39, 0.29) is 17.0 Å². The molecule has 1 aromatic rings. The van der Waals surface area contributed by atoms with Gasteiger partial charge in [0.2, 0.25) is 0 Å². The zero-order valence-electron chi connectivity index (χ0n) is 10.3. The molecule has 2 rings (SSSR count). The quantitative estimate of drug-likeness (QED) is 0.775. The Morgan fingerprint density at radius 3 is 2.65 bits per heavy atom. The highest BCUT2D eigenvalue weighted by Gasteiger charge is 2.33. The van der Waals surface area contributed by atoms with Gasteiger partial charge in [-0.1, -0.05) is 38.3 Å². The molecule has 1 aliphatic rings. The number of benzene rings is 1. The second-order valence-corrected chi connectivity index (χ2v) is 5.35. The Kier molecular flexibility index (Phi) is 3.60. The smallest absolute Gasteiger partial charge is 0.143 e. The van der Waals surface area contributed by atoms with Crippen molar-refractivity contribution in [3.8, 4) is 0 Å². The molecule has 1 aromatic carbocycles. The molecule has 0 atom stereocenters. The summed E-state index contributed by atoms with van der Waals surface area (Å²) in [5, 5.41) is 0. The minimum absolute atomic E-state index is 0.176. The number of hydrogen-bond acceptors (Lipinski definition) is 1. The van der Waals surface area contributed by atoms with Crippen LogP contribution in [-0.4, -0.2) is 5.78 Å². The Bertz CT molecular complexity index is 405. The van der Waals surface area contributed by atoms with Gasteiger partial charge in [-0.3, -0.25) is 4.79 Å². The van der Waals surface area contributed by atoms with Gasteiger partial charge in [0, 0.05) is 11.8 Å². The molecule has 0 spiro atoms. The molecule has 92 valence electrons. The first-order valence-corrected chi connectivity index (χ1v) is 6.38. The topological polar surface area (TPSA) is 17.1 Å². The lowest BCUT2D eigenvalue weighted by Crippen LogP contribution is -2.31. The predicted octanol–water partition coefficient (Wildman–Crippen LogP) is 3.91. The first-order valence-electron chi connectivity index (χ1n) is 6.38. The van der Waals surface area contributed by atoms with E-state index in [0.717, 1.165) is 31.2 Å². The standard InChI is InChI=1S/C15H19FO/c1-15(8-3-2-4-9-15)14(17)11-12-6-5-7-13(16)10-12/h5-7,10H,2-4,8-9,11H2,1H3. The minimum atomic E-state index is -0.260. The van der Waals surface area contributed by atoms with E-state index in [1.54, 1.807) is 6.07 Å². The van der Waals surface area contributed by atoms with E-state index in [4.69, 9.17) is 0 Å². The van der Waals surface area contributed by atoms with E-state index in [9.17, 15) is 9.18 Å². The van der Waals surface area contributed by atoms with Crippen LogP contribution in [0.1, 0.15) is 44.6 Å². The molecule has 2 heteroatoms. The van der Waals surface area contributed by atoms with Gasteiger partial charge in [0.15, 0.2) is 0 Å². The van der Waals surface area contributed by atoms with E-state index in [1.165, 1.54) is 18.6 Å². The summed E-state index contributed by atoms with van der Waals surface area (Å²) < 4.78 is 13.0. The van der Waals surface area contributed by atoms with Gasteiger partial charge in [-0.2, -0.15) is 0 Å². The normalized spacial score (nSPS) is 18.9. The number of Topliss-reactive ketones (excluding diaryl/α,β-unsaturated/α-hetero) is 1.